The van der Waals surface area contributed by atoms with E-state index >= 15 is 0 Å². The molecule has 0 spiro atoms. The lowest BCUT2D eigenvalue weighted by Gasteiger charge is -1.90. The molecule has 0 atom stereocenters. The summed E-state index contributed by atoms with van der Waals surface area (Å²) in [6.45, 7) is 1.78. The summed E-state index contributed by atoms with van der Waals surface area (Å²) in [5, 5.41) is 9.43. The van der Waals surface area contributed by atoms with Gasteiger partial charge < -0.3 is 9.52 Å². The maximum absolute atomic E-state index is 10.6. The summed E-state index contributed by atoms with van der Waals surface area (Å²) in [7, 11) is 0. The number of pyridine rings is 1. The highest BCUT2D eigenvalue weighted by Crippen LogP contribution is 2.20. The Balaban J connectivity index is 2.75. The molecule has 0 amide bonds. The Morgan fingerprint density at radius 3 is 3.00 bits per heavy atom. The van der Waals surface area contributed by atoms with Crippen molar-refractivity contribution in [3.63, 3.8) is 0 Å². The maximum atomic E-state index is 10.6. The summed E-state index contributed by atoms with van der Waals surface area (Å²) >= 11 is 0. The Kier molecular flexibility index (Phi) is 1.55. The van der Waals surface area contributed by atoms with Crippen molar-refractivity contribution >= 4 is 16.9 Å². The van der Waals surface area contributed by atoms with Crippen molar-refractivity contribution in [3.8, 4) is 0 Å². The van der Waals surface area contributed by atoms with Gasteiger partial charge in [-0.15, -0.1) is 0 Å². The monoisotopic (exact) mass is 177 g/mol. The predicted molar refractivity (Wildman–Crippen MR) is 45.7 cm³/mol. The molecule has 0 fully saturated rings. The molecule has 4 heteroatoms. The Bertz CT molecular complexity index is 473. The molecule has 0 saturated heterocycles. The van der Waals surface area contributed by atoms with Crippen LogP contribution in [0.15, 0.2) is 22.7 Å². The fourth-order valence-corrected chi connectivity index (χ4v) is 1.21. The van der Waals surface area contributed by atoms with E-state index in [9.17, 15) is 4.79 Å². The van der Waals surface area contributed by atoms with Gasteiger partial charge in [-0.25, -0.2) is 4.79 Å². The zero-order chi connectivity index (χ0) is 9.42. The van der Waals surface area contributed by atoms with Crippen molar-refractivity contribution in [2.24, 2.45) is 0 Å². The van der Waals surface area contributed by atoms with E-state index in [0.29, 0.717) is 11.3 Å². The summed E-state index contributed by atoms with van der Waals surface area (Å²) in [6.07, 6.45) is 1.62. The van der Waals surface area contributed by atoms with Crippen LogP contribution in [0.1, 0.15) is 16.2 Å². The molecule has 0 radical (unpaired) electrons. The van der Waals surface area contributed by atoms with E-state index in [1.807, 2.05) is 0 Å². The first-order chi connectivity index (χ1) is 6.18. The van der Waals surface area contributed by atoms with Crippen molar-refractivity contribution in [3.05, 3.63) is 29.8 Å². The van der Waals surface area contributed by atoms with Crippen LogP contribution in [0.25, 0.3) is 11.0 Å². The average molecular weight is 177 g/mol. The highest BCUT2D eigenvalue weighted by atomic mass is 16.4. The number of aromatic carboxylic acids is 1. The number of carboxylic acid groups (broad SMARTS) is 1. The molecule has 2 rings (SSSR count). The lowest BCUT2D eigenvalue weighted by atomic mass is 10.2. The number of nitrogens with zero attached hydrogens (tertiary/aromatic N) is 1. The van der Waals surface area contributed by atoms with Crippen molar-refractivity contribution in [2.45, 2.75) is 6.92 Å². The lowest BCUT2D eigenvalue weighted by molar-refractivity contribution is 0.0665. The summed E-state index contributed by atoms with van der Waals surface area (Å²) in [4.78, 5) is 14.6. The number of hydrogen-bond donors (Lipinski definition) is 1. The third-order valence-electron chi connectivity index (χ3n) is 1.82. The molecule has 0 saturated carbocycles. The molecular weight excluding hydrogens is 170 g/mol. The Morgan fingerprint density at radius 2 is 2.38 bits per heavy atom. The highest BCUT2D eigenvalue weighted by molar-refractivity contribution is 5.91. The number of carbonyl (C=O) groups is 1. The molecule has 0 aromatic carbocycles. The standard InChI is InChI=1S/C9H7NO3/c1-5-8-6(2-3-10-5)4-7(13-8)9(11)12/h2-4H,1H3,(H,11,12). The number of aryl methyl sites for hydroxylation is 1. The molecule has 1 N–H and O–H groups in total. The number of rotatable bonds is 1. The number of furan rings is 1. The second-order valence-corrected chi connectivity index (χ2v) is 2.73. The van der Waals surface area contributed by atoms with Crippen LogP contribution in [0.2, 0.25) is 0 Å². The van der Waals surface area contributed by atoms with Gasteiger partial charge in [-0.05, 0) is 19.1 Å². The van der Waals surface area contributed by atoms with Crippen molar-refractivity contribution in [1.29, 1.82) is 0 Å². The van der Waals surface area contributed by atoms with Gasteiger partial charge in [-0.1, -0.05) is 0 Å². The van der Waals surface area contributed by atoms with Gasteiger partial charge in [0.05, 0.1) is 5.69 Å². The van der Waals surface area contributed by atoms with Crippen LogP contribution in [0.4, 0.5) is 0 Å². The third kappa shape index (κ3) is 1.16. The van der Waals surface area contributed by atoms with Gasteiger partial charge in [0.25, 0.3) is 0 Å². The zero-order valence-electron chi connectivity index (χ0n) is 6.94. The molecule has 0 bridgehead atoms. The van der Waals surface area contributed by atoms with Crippen LogP contribution in [0, 0.1) is 6.92 Å². The molecular formula is C9H7NO3. The molecule has 0 unspecified atom stereocenters. The summed E-state index contributed by atoms with van der Waals surface area (Å²) in [5.41, 5.74) is 1.24. The first kappa shape index (κ1) is 7.79. The van der Waals surface area contributed by atoms with Gasteiger partial charge in [0.2, 0.25) is 5.76 Å². The van der Waals surface area contributed by atoms with Crippen LogP contribution in [0.3, 0.4) is 0 Å². The molecule has 2 aromatic rings. The summed E-state index contributed by atoms with van der Waals surface area (Å²) in [6, 6.07) is 3.21. The number of fused-ring (bicyclic) bond motifs is 1. The molecule has 0 aliphatic rings. The first-order valence-electron chi connectivity index (χ1n) is 3.77. The lowest BCUT2D eigenvalue weighted by Crippen LogP contribution is -1.91. The molecule has 0 aliphatic carbocycles. The quantitative estimate of drug-likeness (QED) is 0.721. The van der Waals surface area contributed by atoms with E-state index in [4.69, 9.17) is 9.52 Å². The first-order valence-corrected chi connectivity index (χ1v) is 3.77. The van der Waals surface area contributed by atoms with Crippen LogP contribution < -0.4 is 0 Å². The third-order valence-corrected chi connectivity index (χ3v) is 1.82. The van der Waals surface area contributed by atoms with Crippen LogP contribution in [-0.4, -0.2) is 16.1 Å². The smallest absolute Gasteiger partial charge is 0.371 e. The van der Waals surface area contributed by atoms with E-state index in [0.717, 1.165) is 5.39 Å². The minimum Gasteiger partial charge on any atom is -0.475 e. The molecule has 13 heavy (non-hydrogen) atoms. The van der Waals surface area contributed by atoms with Gasteiger partial charge in [0.15, 0.2) is 5.58 Å². The van der Waals surface area contributed by atoms with Gasteiger partial charge in [0.1, 0.15) is 0 Å². The Labute approximate surface area is 73.8 Å². The van der Waals surface area contributed by atoms with E-state index < -0.39 is 5.97 Å². The Morgan fingerprint density at radius 1 is 1.62 bits per heavy atom. The summed E-state index contributed by atoms with van der Waals surface area (Å²) in [5.74, 6) is -1.11. The molecule has 2 aromatic heterocycles. The second kappa shape index (κ2) is 2.58. The number of aromatic nitrogens is 1. The van der Waals surface area contributed by atoms with Crippen molar-refractivity contribution < 1.29 is 14.3 Å². The largest absolute Gasteiger partial charge is 0.475 e. The van der Waals surface area contributed by atoms with Crippen LogP contribution >= 0.6 is 0 Å². The molecule has 2 heterocycles. The summed E-state index contributed by atoms with van der Waals surface area (Å²) < 4.78 is 5.10. The van der Waals surface area contributed by atoms with E-state index in [-0.39, 0.29) is 5.76 Å². The molecule has 4 nitrogen and oxygen atoms in total. The zero-order valence-corrected chi connectivity index (χ0v) is 6.94. The molecule has 66 valence electrons. The Hall–Kier alpha value is -1.84. The number of hydrogen-bond acceptors (Lipinski definition) is 3. The van der Waals surface area contributed by atoms with Gasteiger partial charge in [-0.2, -0.15) is 0 Å². The minimum absolute atomic E-state index is 0.0499. The normalized spacial score (nSPS) is 10.5. The van der Waals surface area contributed by atoms with Gasteiger partial charge >= 0.3 is 5.97 Å². The van der Waals surface area contributed by atoms with Crippen LogP contribution in [-0.2, 0) is 0 Å². The predicted octanol–water partition coefficient (Wildman–Crippen LogP) is 1.83. The number of carboxylic acids is 1. The SMILES string of the molecule is Cc1nccc2cc(C(=O)O)oc12. The van der Waals surface area contributed by atoms with E-state index in [2.05, 4.69) is 4.98 Å². The van der Waals surface area contributed by atoms with E-state index in [1.54, 1.807) is 19.2 Å². The molecule has 0 aliphatic heterocycles. The van der Waals surface area contributed by atoms with Gasteiger partial charge in [-0.3, -0.25) is 4.98 Å². The van der Waals surface area contributed by atoms with E-state index in [1.165, 1.54) is 6.07 Å². The fourth-order valence-electron chi connectivity index (χ4n) is 1.21. The maximum Gasteiger partial charge on any atom is 0.371 e. The van der Waals surface area contributed by atoms with Crippen molar-refractivity contribution in [1.82, 2.24) is 4.98 Å². The van der Waals surface area contributed by atoms with Crippen molar-refractivity contribution in [2.75, 3.05) is 0 Å². The topological polar surface area (TPSA) is 63.3 Å². The fraction of sp³-hybridized carbons (Fsp3) is 0.111. The minimum atomic E-state index is -1.06. The van der Waals surface area contributed by atoms with Gasteiger partial charge in [0, 0.05) is 11.6 Å². The average Bonchev–Trinajstić information content (AvgIpc) is 2.49. The highest BCUT2D eigenvalue weighted by Gasteiger charge is 2.11. The second-order valence-electron chi connectivity index (χ2n) is 2.73. The van der Waals surface area contributed by atoms with Crippen LogP contribution in [0.5, 0.6) is 0 Å².